The largest absolute Gasteiger partial charge is 0.442 e. The number of hydrogen-bond acceptors (Lipinski definition) is 5. The highest BCUT2D eigenvalue weighted by atomic mass is 19.1. The van der Waals surface area contributed by atoms with E-state index in [1.165, 1.54) is 31.4 Å². The third-order valence-electron chi connectivity index (χ3n) is 7.18. The van der Waals surface area contributed by atoms with Gasteiger partial charge in [0.2, 0.25) is 11.8 Å². The van der Waals surface area contributed by atoms with Gasteiger partial charge in [-0.3, -0.25) is 14.9 Å². The average Bonchev–Trinajstić information content (AvgIpc) is 3.28. The molecular formula is C22H25F2N3O4. The second-order valence-electron chi connectivity index (χ2n) is 9.18. The highest BCUT2D eigenvalue weighted by Crippen LogP contribution is 2.44. The van der Waals surface area contributed by atoms with Crippen LogP contribution in [0, 0.1) is 23.5 Å². The minimum atomic E-state index is -1.02. The molecule has 2 aliphatic carbocycles. The first-order valence-electron chi connectivity index (χ1n) is 10.9. The predicted molar refractivity (Wildman–Crippen MR) is 106 cm³/mol. The molecule has 2 N–H and O–H groups in total. The number of hydrogen-bond donors (Lipinski definition) is 2. The molecule has 2 saturated heterocycles. The normalized spacial score (nSPS) is 30.2. The maximum atomic E-state index is 14.7. The molecule has 1 aromatic rings. The van der Waals surface area contributed by atoms with Crippen LogP contribution in [0.25, 0.3) is 0 Å². The van der Waals surface area contributed by atoms with E-state index in [0.29, 0.717) is 24.7 Å². The number of benzene rings is 1. The molecule has 4 atom stereocenters. The summed E-state index contributed by atoms with van der Waals surface area (Å²) in [6, 6.07) is 2.58. The SMILES string of the molecule is O=C1CCC(c2c(F)cc(N3CC(OC(=O)N[C@H]4CC5CCC4C5)C3)cc2F)C(=O)N1. The van der Waals surface area contributed by atoms with E-state index in [-0.39, 0.29) is 30.6 Å². The van der Waals surface area contributed by atoms with E-state index in [4.69, 9.17) is 4.74 Å². The number of ether oxygens (including phenoxy) is 1. The molecule has 4 fully saturated rings. The van der Waals surface area contributed by atoms with Crippen LogP contribution >= 0.6 is 0 Å². The molecule has 7 nitrogen and oxygen atoms in total. The van der Waals surface area contributed by atoms with Gasteiger partial charge in [0.05, 0.1) is 19.0 Å². The number of nitrogens with one attached hydrogen (secondary N) is 2. The zero-order valence-electron chi connectivity index (χ0n) is 17.0. The Morgan fingerprint density at radius 3 is 2.45 bits per heavy atom. The van der Waals surface area contributed by atoms with Crippen molar-refractivity contribution in [1.29, 1.82) is 0 Å². The van der Waals surface area contributed by atoms with Crippen molar-refractivity contribution in [1.82, 2.24) is 10.6 Å². The first-order chi connectivity index (χ1) is 14.9. The molecule has 3 amide bonds. The third kappa shape index (κ3) is 3.85. The van der Waals surface area contributed by atoms with Crippen LogP contribution in [-0.4, -0.2) is 43.1 Å². The molecule has 2 heterocycles. The molecule has 0 spiro atoms. The highest BCUT2D eigenvalue weighted by molar-refractivity contribution is 6.01. The van der Waals surface area contributed by atoms with Crippen molar-refractivity contribution in [3.63, 3.8) is 0 Å². The molecule has 2 aliphatic heterocycles. The summed E-state index contributed by atoms with van der Waals surface area (Å²) in [5.74, 6) is -2.48. The fourth-order valence-corrected chi connectivity index (χ4v) is 5.54. The molecule has 2 bridgehead atoms. The van der Waals surface area contributed by atoms with Crippen molar-refractivity contribution in [2.24, 2.45) is 11.8 Å². The van der Waals surface area contributed by atoms with E-state index < -0.39 is 35.5 Å². The van der Waals surface area contributed by atoms with Crippen LogP contribution in [-0.2, 0) is 14.3 Å². The molecule has 5 rings (SSSR count). The number of rotatable bonds is 4. The zero-order valence-corrected chi connectivity index (χ0v) is 17.0. The quantitative estimate of drug-likeness (QED) is 0.713. The molecule has 166 valence electrons. The number of nitrogens with zero attached hydrogens (tertiary/aromatic N) is 1. The lowest BCUT2D eigenvalue weighted by Crippen LogP contribution is -2.54. The third-order valence-corrected chi connectivity index (χ3v) is 7.18. The lowest BCUT2D eigenvalue weighted by atomic mass is 9.89. The van der Waals surface area contributed by atoms with E-state index in [9.17, 15) is 23.2 Å². The average molecular weight is 433 g/mol. The van der Waals surface area contributed by atoms with Gasteiger partial charge >= 0.3 is 6.09 Å². The Morgan fingerprint density at radius 2 is 1.84 bits per heavy atom. The van der Waals surface area contributed by atoms with Gasteiger partial charge in [-0.05, 0) is 49.7 Å². The van der Waals surface area contributed by atoms with E-state index in [1.807, 2.05) is 0 Å². The van der Waals surface area contributed by atoms with Gasteiger partial charge in [-0.25, -0.2) is 13.6 Å². The fourth-order valence-electron chi connectivity index (χ4n) is 5.54. The summed E-state index contributed by atoms with van der Waals surface area (Å²) in [4.78, 5) is 37.1. The lowest BCUT2D eigenvalue weighted by Gasteiger charge is -2.40. The summed E-state index contributed by atoms with van der Waals surface area (Å²) in [5.41, 5.74) is 0.0201. The van der Waals surface area contributed by atoms with Crippen molar-refractivity contribution in [2.75, 3.05) is 18.0 Å². The Bertz CT molecular complexity index is 910. The summed E-state index contributed by atoms with van der Waals surface area (Å²) in [6.07, 6.45) is 4.00. The molecular weight excluding hydrogens is 408 g/mol. The van der Waals surface area contributed by atoms with Gasteiger partial charge in [0.1, 0.15) is 17.7 Å². The second kappa shape index (κ2) is 7.76. The van der Waals surface area contributed by atoms with Gasteiger partial charge in [-0.1, -0.05) is 6.42 Å². The molecule has 31 heavy (non-hydrogen) atoms. The van der Waals surface area contributed by atoms with E-state index in [2.05, 4.69) is 10.6 Å². The number of alkyl carbamates (subject to hydrolysis) is 1. The first-order valence-corrected chi connectivity index (χ1v) is 10.9. The summed E-state index contributed by atoms with van der Waals surface area (Å²) in [7, 11) is 0. The first kappa shape index (κ1) is 20.2. The van der Waals surface area contributed by atoms with E-state index in [1.54, 1.807) is 4.90 Å². The fraction of sp³-hybridized carbons (Fsp3) is 0.591. The van der Waals surface area contributed by atoms with Crippen LogP contribution < -0.4 is 15.5 Å². The van der Waals surface area contributed by atoms with E-state index >= 15 is 0 Å². The van der Waals surface area contributed by atoms with Crippen molar-refractivity contribution in [3.05, 3.63) is 29.3 Å². The van der Waals surface area contributed by atoms with Gasteiger partial charge in [0, 0.05) is 23.7 Å². The molecule has 4 aliphatic rings. The maximum absolute atomic E-state index is 14.7. The van der Waals surface area contributed by atoms with Gasteiger partial charge in [0.15, 0.2) is 0 Å². The Morgan fingerprint density at radius 1 is 1.10 bits per heavy atom. The number of halogens is 2. The lowest BCUT2D eigenvalue weighted by molar-refractivity contribution is -0.134. The minimum absolute atomic E-state index is 0.0481. The standard InChI is InChI=1S/C22H25F2N3O4/c23-16-7-13(8-17(24)20(16)15-3-4-19(28)26-21(15)29)27-9-14(10-27)31-22(30)25-18-6-11-1-2-12(18)5-11/h7-8,11-12,14-15,18H,1-6,9-10H2,(H,25,30)(H,26,28,29)/t11?,12?,15?,18-/m0/s1. The summed E-state index contributed by atoms with van der Waals surface area (Å²) in [6.45, 7) is 0.696. The topological polar surface area (TPSA) is 87.7 Å². The van der Waals surface area contributed by atoms with Gasteiger partial charge in [0.25, 0.3) is 0 Å². The molecule has 2 saturated carbocycles. The predicted octanol–water partition coefficient (Wildman–Crippen LogP) is 2.59. The number of carbonyl (C=O) groups is 3. The van der Waals surface area contributed by atoms with E-state index in [0.717, 1.165) is 12.3 Å². The number of carbonyl (C=O) groups excluding carboxylic acids is 3. The number of anilines is 1. The summed E-state index contributed by atoms with van der Waals surface area (Å²) in [5, 5.41) is 5.10. The Kier molecular flexibility index (Phi) is 5.06. The smallest absolute Gasteiger partial charge is 0.407 e. The zero-order chi connectivity index (χ0) is 21.7. The molecule has 9 heteroatoms. The number of fused-ring (bicyclic) bond motifs is 2. The maximum Gasteiger partial charge on any atom is 0.407 e. The number of piperidine rings is 1. The monoisotopic (exact) mass is 433 g/mol. The van der Waals surface area contributed by atoms with Crippen LogP contribution in [0.5, 0.6) is 0 Å². The van der Waals surface area contributed by atoms with Gasteiger partial charge < -0.3 is 15.0 Å². The van der Waals surface area contributed by atoms with Crippen molar-refractivity contribution >= 4 is 23.6 Å². The highest BCUT2D eigenvalue weighted by Gasteiger charge is 2.41. The van der Waals surface area contributed by atoms with Crippen molar-refractivity contribution in [2.45, 2.75) is 56.6 Å². The molecule has 3 unspecified atom stereocenters. The van der Waals surface area contributed by atoms with Crippen molar-refractivity contribution < 1.29 is 27.9 Å². The van der Waals surface area contributed by atoms with Crippen LogP contribution in [0.4, 0.5) is 19.3 Å². The second-order valence-corrected chi connectivity index (χ2v) is 9.18. The summed E-state index contributed by atoms with van der Waals surface area (Å²) >= 11 is 0. The number of amides is 3. The minimum Gasteiger partial charge on any atom is -0.442 e. The van der Waals surface area contributed by atoms with Crippen LogP contribution in [0.1, 0.15) is 50.0 Å². The Hall–Kier alpha value is -2.71. The Balaban J connectivity index is 1.16. The number of imide groups is 1. The van der Waals surface area contributed by atoms with Crippen LogP contribution in [0.3, 0.4) is 0 Å². The summed E-state index contributed by atoms with van der Waals surface area (Å²) < 4.78 is 34.8. The van der Waals surface area contributed by atoms with Crippen LogP contribution in [0.15, 0.2) is 12.1 Å². The molecule has 0 aromatic heterocycles. The van der Waals surface area contributed by atoms with Crippen LogP contribution in [0.2, 0.25) is 0 Å². The Labute approximate surface area is 178 Å². The molecule has 0 radical (unpaired) electrons. The van der Waals surface area contributed by atoms with Crippen molar-refractivity contribution in [3.8, 4) is 0 Å². The van der Waals surface area contributed by atoms with Gasteiger partial charge in [-0.15, -0.1) is 0 Å². The molecule has 1 aromatic carbocycles. The van der Waals surface area contributed by atoms with Gasteiger partial charge in [-0.2, -0.15) is 0 Å².